The number of fused-ring (bicyclic) bond motifs is 1. The van der Waals surface area contributed by atoms with Crippen molar-refractivity contribution in [2.75, 3.05) is 19.6 Å². The summed E-state index contributed by atoms with van der Waals surface area (Å²) < 4.78 is 0. The molecule has 1 aliphatic heterocycles. The lowest BCUT2D eigenvalue weighted by atomic mass is 10.0. The molecule has 1 saturated carbocycles. The Morgan fingerprint density at radius 2 is 1.72 bits per heavy atom. The van der Waals surface area contributed by atoms with E-state index in [1.54, 1.807) is 0 Å². The first-order chi connectivity index (χ1) is 8.83. The Kier molecular flexibility index (Phi) is 3.46. The van der Waals surface area contributed by atoms with Crippen LogP contribution < -0.4 is 0 Å². The molecule has 96 valence electrons. The summed E-state index contributed by atoms with van der Waals surface area (Å²) in [6.45, 7) is 3.22. The average molecular weight is 243 g/mol. The van der Waals surface area contributed by atoms with Gasteiger partial charge < -0.3 is 4.90 Å². The second-order valence-corrected chi connectivity index (χ2v) is 5.62. The molecule has 0 bridgehead atoms. The van der Waals surface area contributed by atoms with Gasteiger partial charge in [-0.25, -0.2) is 0 Å². The highest BCUT2D eigenvalue weighted by molar-refractivity contribution is 5.83. The van der Waals surface area contributed by atoms with E-state index in [1.165, 1.54) is 11.1 Å². The number of hydrogen-bond acceptors (Lipinski definition) is 2. The Labute approximate surface area is 109 Å². The van der Waals surface area contributed by atoms with Crippen LogP contribution in [0.3, 0.4) is 0 Å². The van der Waals surface area contributed by atoms with Gasteiger partial charge in [0.1, 0.15) is 5.78 Å². The average Bonchev–Trinajstić information content (AvgIpc) is 2.68. The molecule has 0 aromatic heterocycles. The summed E-state index contributed by atoms with van der Waals surface area (Å²) in [4.78, 5) is 14.2. The van der Waals surface area contributed by atoms with Crippen molar-refractivity contribution < 1.29 is 4.79 Å². The molecule has 1 fully saturated rings. The highest BCUT2D eigenvalue weighted by atomic mass is 16.1. The van der Waals surface area contributed by atoms with Crippen LogP contribution in [-0.2, 0) is 17.6 Å². The van der Waals surface area contributed by atoms with E-state index in [0.29, 0.717) is 11.7 Å². The number of hydrogen-bond donors (Lipinski definition) is 0. The quantitative estimate of drug-likeness (QED) is 0.795. The molecule has 18 heavy (non-hydrogen) atoms. The first-order valence-electron chi connectivity index (χ1n) is 7.15. The molecule has 2 aliphatic rings. The van der Waals surface area contributed by atoms with Crippen LogP contribution in [-0.4, -0.2) is 30.3 Å². The summed E-state index contributed by atoms with van der Waals surface area (Å²) >= 11 is 0. The number of nitrogens with zero attached hydrogens (tertiary/aromatic N) is 1. The monoisotopic (exact) mass is 243 g/mol. The fourth-order valence-electron chi connectivity index (χ4n) is 3.29. The van der Waals surface area contributed by atoms with Crippen molar-refractivity contribution in [2.24, 2.45) is 5.92 Å². The highest BCUT2D eigenvalue weighted by Crippen LogP contribution is 2.23. The lowest BCUT2D eigenvalue weighted by Gasteiger charge is -2.22. The zero-order chi connectivity index (χ0) is 12.4. The predicted octanol–water partition coefficient (Wildman–Crippen LogP) is 2.46. The summed E-state index contributed by atoms with van der Waals surface area (Å²) in [5.74, 6) is 0.822. The standard InChI is InChI=1S/C16H21NO/c18-16-7-3-6-15(16)12-17-10-8-13-4-1-2-5-14(13)9-11-17/h1-2,4-5,15H,3,6-12H2. The van der Waals surface area contributed by atoms with Gasteiger partial charge in [-0.15, -0.1) is 0 Å². The van der Waals surface area contributed by atoms with Crippen molar-refractivity contribution in [2.45, 2.75) is 32.1 Å². The van der Waals surface area contributed by atoms with E-state index < -0.39 is 0 Å². The van der Waals surface area contributed by atoms with Crippen LogP contribution in [0, 0.1) is 5.92 Å². The fourth-order valence-corrected chi connectivity index (χ4v) is 3.29. The minimum absolute atomic E-state index is 0.325. The topological polar surface area (TPSA) is 20.3 Å². The Balaban J connectivity index is 1.62. The van der Waals surface area contributed by atoms with Gasteiger partial charge in [-0.2, -0.15) is 0 Å². The van der Waals surface area contributed by atoms with E-state index in [9.17, 15) is 4.79 Å². The van der Waals surface area contributed by atoms with Crippen molar-refractivity contribution in [3.8, 4) is 0 Å². The normalized spacial score (nSPS) is 24.9. The first kappa shape index (κ1) is 11.9. The zero-order valence-electron chi connectivity index (χ0n) is 10.9. The van der Waals surface area contributed by atoms with Crippen molar-refractivity contribution >= 4 is 5.78 Å². The Morgan fingerprint density at radius 3 is 2.28 bits per heavy atom. The van der Waals surface area contributed by atoms with Crippen molar-refractivity contribution in [1.82, 2.24) is 4.90 Å². The highest BCUT2D eigenvalue weighted by Gasteiger charge is 2.26. The zero-order valence-corrected chi connectivity index (χ0v) is 10.9. The number of Topliss-reactive ketones (excluding diaryl/α,β-unsaturated/α-hetero) is 1. The van der Waals surface area contributed by atoms with E-state index in [-0.39, 0.29) is 0 Å². The van der Waals surface area contributed by atoms with Gasteiger partial charge in [0.25, 0.3) is 0 Å². The summed E-state index contributed by atoms with van der Waals surface area (Å²) in [7, 11) is 0. The fraction of sp³-hybridized carbons (Fsp3) is 0.562. The van der Waals surface area contributed by atoms with E-state index in [1.807, 2.05) is 0 Å². The Hall–Kier alpha value is -1.15. The Bertz CT molecular complexity index is 413. The summed E-state index contributed by atoms with van der Waals surface area (Å²) in [5, 5.41) is 0. The molecular weight excluding hydrogens is 222 g/mol. The van der Waals surface area contributed by atoms with Gasteiger partial charge in [0.15, 0.2) is 0 Å². The molecule has 1 heterocycles. The maximum atomic E-state index is 11.7. The minimum Gasteiger partial charge on any atom is -0.302 e. The second kappa shape index (κ2) is 5.23. The second-order valence-electron chi connectivity index (χ2n) is 5.62. The van der Waals surface area contributed by atoms with Gasteiger partial charge in [-0.05, 0) is 36.8 Å². The van der Waals surface area contributed by atoms with E-state index >= 15 is 0 Å². The third-order valence-corrected chi connectivity index (χ3v) is 4.42. The lowest BCUT2D eigenvalue weighted by Crippen LogP contribution is -2.33. The number of ketones is 1. The molecule has 1 atom stereocenters. The van der Waals surface area contributed by atoms with Crippen LogP contribution in [0.1, 0.15) is 30.4 Å². The summed E-state index contributed by atoms with van der Waals surface area (Å²) in [5.41, 5.74) is 3.00. The number of carbonyl (C=O) groups is 1. The maximum Gasteiger partial charge on any atom is 0.137 e. The van der Waals surface area contributed by atoms with Gasteiger partial charge in [-0.3, -0.25) is 4.79 Å². The number of carbonyl (C=O) groups excluding carboxylic acids is 1. The number of benzene rings is 1. The predicted molar refractivity (Wildman–Crippen MR) is 72.6 cm³/mol. The van der Waals surface area contributed by atoms with E-state index in [2.05, 4.69) is 29.2 Å². The van der Waals surface area contributed by atoms with Crippen LogP contribution in [0.25, 0.3) is 0 Å². The van der Waals surface area contributed by atoms with Gasteiger partial charge in [-0.1, -0.05) is 24.3 Å². The van der Waals surface area contributed by atoms with Crippen molar-refractivity contribution in [3.05, 3.63) is 35.4 Å². The molecular formula is C16H21NO. The third kappa shape index (κ3) is 2.49. The maximum absolute atomic E-state index is 11.7. The molecule has 0 radical (unpaired) electrons. The largest absolute Gasteiger partial charge is 0.302 e. The third-order valence-electron chi connectivity index (χ3n) is 4.42. The van der Waals surface area contributed by atoms with Gasteiger partial charge in [0.2, 0.25) is 0 Å². The smallest absolute Gasteiger partial charge is 0.137 e. The molecule has 1 unspecified atom stereocenters. The van der Waals surface area contributed by atoms with Crippen molar-refractivity contribution in [3.63, 3.8) is 0 Å². The molecule has 1 aromatic rings. The SMILES string of the molecule is O=C1CCCC1CN1CCc2ccccc2CC1. The molecule has 2 heteroatoms. The van der Waals surface area contributed by atoms with Crippen molar-refractivity contribution in [1.29, 1.82) is 0 Å². The molecule has 1 aromatic carbocycles. The molecule has 3 rings (SSSR count). The Morgan fingerprint density at radius 1 is 1.06 bits per heavy atom. The van der Waals surface area contributed by atoms with Gasteiger partial charge in [0.05, 0.1) is 0 Å². The van der Waals surface area contributed by atoms with Crippen LogP contribution in [0.2, 0.25) is 0 Å². The minimum atomic E-state index is 0.325. The van der Waals surface area contributed by atoms with Crippen LogP contribution >= 0.6 is 0 Å². The van der Waals surface area contributed by atoms with E-state index in [0.717, 1.165) is 51.7 Å². The van der Waals surface area contributed by atoms with E-state index in [4.69, 9.17) is 0 Å². The van der Waals surface area contributed by atoms with Crippen LogP contribution in [0.5, 0.6) is 0 Å². The van der Waals surface area contributed by atoms with Gasteiger partial charge >= 0.3 is 0 Å². The van der Waals surface area contributed by atoms with Gasteiger partial charge in [0, 0.05) is 32.0 Å². The van der Waals surface area contributed by atoms with Crippen LogP contribution in [0.15, 0.2) is 24.3 Å². The molecule has 0 spiro atoms. The first-order valence-corrected chi connectivity index (χ1v) is 7.15. The number of rotatable bonds is 2. The molecule has 0 saturated heterocycles. The summed E-state index contributed by atoms with van der Waals surface area (Å²) in [6.07, 6.45) is 5.31. The lowest BCUT2D eigenvalue weighted by molar-refractivity contribution is -0.121. The molecule has 0 amide bonds. The van der Waals surface area contributed by atoms with Crippen LogP contribution in [0.4, 0.5) is 0 Å². The summed E-state index contributed by atoms with van der Waals surface area (Å²) in [6, 6.07) is 8.77. The molecule has 1 aliphatic carbocycles. The molecule has 2 nitrogen and oxygen atoms in total. The molecule has 0 N–H and O–H groups in total.